The third-order valence-electron chi connectivity index (χ3n) is 30.2. The summed E-state index contributed by atoms with van der Waals surface area (Å²) in [4.78, 5) is 309. The van der Waals surface area contributed by atoms with Gasteiger partial charge >= 0.3 is 125 Å². The minimum atomic E-state index is -2.25. The van der Waals surface area contributed by atoms with E-state index in [2.05, 4.69) is 6.58 Å². The van der Waals surface area contributed by atoms with Gasteiger partial charge in [0, 0.05) is 16.6 Å². The molecule has 43 heteroatoms. The summed E-state index contributed by atoms with van der Waals surface area (Å²) < 4.78 is 114. The van der Waals surface area contributed by atoms with Crippen LogP contribution in [0.3, 0.4) is 0 Å². The van der Waals surface area contributed by atoms with E-state index in [-0.39, 0.29) is 30.8 Å². The molecule has 0 saturated heterocycles. The second-order valence-corrected chi connectivity index (χ2v) is 47.5. The molecule has 0 aromatic rings. The molecule has 0 spiro atoms. The fourth-order valence-corrected chi connectivity index (χ4v) is 27.0. The molecule has 0 radical (unpaired) electrons. The normalized spacial score (nSPS) is 19.5. The first kappa shape index (κ1) is 139. The van der Waals surface area contributed by atoms with Crippen LogP contribution in [0.4, 0.5) is 0 Å². The number of esters is 21. The zero-order chi connectivity index (χ0) is 118. The second-order valence-electron chi connectivity index (χ2n) is 46.1. The fourth-order valence-electron chi connectivity index (χ4n) is 25.9. The number of ether oxygens (including phenoxy) is 21. The molecule has 21 atom stereocenters. The second kappa shape index (κ2) is 54.5. The Morgan fingerprint density at radius 3 is 0.453 bits per heavy atom. The largest absolute Gasteiger partial charge is 0.469 e. The van der Waals surface area contributed by atoms with Gasteiger partial charge in [-0.2, -0.15) is 11.8 Å². The van der Waals surface area contributed by atoms with Crippen molar-refractivity contribution in [2.75, 3.05) is 155 Å². The highest BCUT2D eigenvalue weighted by atomic mass is 32.2. The molecular weight excluding hydrogens is 1990 g/mol. The van der Waals surface area contributed by atoms with E-state index in [0.717, 1.165) is 142 Å². The maximum Gasteiger partial charge on any atom is 0.333 e. The Kier molecular flexibility index (Phi) is 50.5. The van der Waals surface area contributed by atoms with Crippen LogP contribution in [0.5, 0.6) is 0 Å². The van der Waals surface area contributed by atoms with Crippen LogP contribution in [0.2, 0.25) is 0 Å². The number of thioether (sulfide) groups is 1. The molecule has 0 aromatic carbocycles. The number of hydrogen-bond acceptors (Lipinski definition) is 43. The quantitative estimate of drug-likeness (QED) is 0.0236. The Hall–Kier alpha value is -11.0. The zero-order valence-corrected chi connectivity index (χ0v) is 97.6. The van der Waals surface area contributed by atoms with Gasteiger partial charge in [0.05, 0.1) is 251 Å². The number of carbonyl (C=O) groups excluding carboxylic acids is 21. The Morgan fingerprint density at radius 2 is 0.327 bits per heavy atom. The van der Waals surface area contributed by atoms with Crippen LogP contribution in [0, 0.1) is 109 Å². The minimum Gasteiger partial charge on any atom is -0.469 e. The van der Waals surface area contributed by atoms with Crippen LogP contribution >= 0.6 is 11.8 Å². The molecule has 0 amide bonds. The molecule has 858 valence electrons. The van der Waals surface area contributed by atoms with Gasteiger partial charge in [-0.1, -0.05) is 20.4 Å². The van der Waals surface area contributed by atoms with Crippen LogP contribution in [-0.2, 0) is 200 Å². The molecule has 0 rings (SSSR count). The van der Waals surface area contributed by atoms with E-state index in [9.17, 15) is 47.9 Å². The van der Waals surface area contributed by atoms with Gasteiger partial charge < -0.3 is 99.5 Å². The molecule has 0 fully saturated rings. The lowest BCUT2D eigenvalue weighted by atomic mass is 9.55. The maximum absolute atomic E-state index is 15.3. The first-order chi connectivity index (χ1) is 68.5. The number of methoxy groups -OCH3 is 20. The van der Waals surface area contributed by atoms with Crippen molar-refractivity contribution in [3.05, 3.63) is 12.2 Å². The maximum atomic E-state index is 15.3. The van der Waals surface area contributed by atoms with E-state index < -0.39 is 349 Å². The highest BCUT2D eigenvalue weighted by Crippen LogP contribution is 2.62. The van der Waals surface area contributed by atoms with Crippen LogP contribution in [0.1, 0.15) is 274 Å². The van der Waals surface area contributed by atoms with Crippen molar-refractivity contribution in [1.29, 1.82) is 0 Å². The van der Waals surface area contributed by atoms with Gasteiger partial charge in [0.1, 0.15) is 6.61 Å². The van der Waals surface area contributed by atoms with Gasteiger partial charge in [0.25, 0.3) is 0 Å². The third kappa shape index (κ3) is 33.0. The van der Waals surface area contributed by atoms with Crippen molar-refractivity contribution in [2.45, 2.75) is 280 Å². The summed E-state index contributed by atoms with van der Waals surface area (Å²) in [6.45, 7) is 33.7. The van der Waals surface area contributed by atoms with Crippen molar-refractivity contribution < 1.29 is 200 Å². The van der Waals surface area contributed by atoms with Crippen molar-refractivity contribution in [1.82, 2.24) is 0 Å². The molecule has 0 aliphatic carbocycles. The Labute approximate surface area is 888 Å². The van der Waals surface area contributed by atoms with E-state index in [1.165, 1.54) is 157 Å². The van der Waals surface area contributed by atoms with Crippen molar-refractivity contribution in [3.63, 3.8) is 0 Å². The molecule has 42 nitrogen and oxygen atoms in total. The van der Waals surface area contributed by atoms with E-state index in [1.807, 2.05) is 0 Å². The van der Waals surface area contributed by atoms with Crippen LogP contribution in [0.25, 0.3) is 0 Å². The molecule has 0 N–H and O–H groups in total. The Bertz CT molecular complexity index is 4720. The van der Waals surface area contributed by atoms with Gasteiger partial charge in [-0.25, -0.2) is 4.79 Å². The summed E-state index contributed by atoms with van der Waals surface area (Å²) in [6.07, 6.45) is -12.7. The van der Waals surface area contributed by atoms with Gasteiger partial charge in [-0.3, -0.25) is 95.9 Å². The summed E-state index contributed by atoms with van der Waals surface area (Å²) in [5.41, 5.74) is -39.4. The Morgan fingerprint density at radius 1 is 0.200 bits per heavy atom. The molecule has 0 heterocycles. The van der Waals surface area contributed by atoms with Crippen molar-refractivity contribution in [2.24, 2.45) is 109 Å². The standard InChI is InChI=1S/C107H172O42S/c1-65(2)68(108)149-44-45-150-67(4)107(23,88(128)148-43)64-106(22,87(127)147-42)63-105(21,86(126)146-41)62-104(20,85(125)145-40)61-103(19,84(124)144-39)60-102(18,83(123)143-38)59-101(17,82(122)142-37)58-100(16,81(121)141-36)57-99(15,80(120)140-35)56-98(14,79(119)139-34)55-97(13,78(118)138-33)54-96(12,77(117)137-32)53-95(11,76(116)136-31)52-94(10,75(115)135-30)51-93(9,74(114)134-29)50-92(8,73(113)133-28)49-91(7,72(112)132-27)48-90(6,71(111)131-26)47-89(5,70(110)130-25)46-66(3)69(109)129-24/h66-67H,1,44-64H2,2-43H3. The van der Waals surface area contributed by atoms with E-state index in [0.29, 0.717) is 0 Å². The molecule has 21 unspecified atom stereocenters. The van der Waals surface area contributed by atoms with Crippen LogP contribution < -0.4 is 0 Å². The fraction of sp³-hybridized carbons (Fsp3) is 0.785. The zero-order valence-electron chi connectivity index (χ0n) is 96.8. The topological polar surface area (TPSA) is 552 Å². The molecule has 150 heavy (non-hydrogen) atoms. The highest BCUT2D eigenvalue weighted by molar-refractivity contribution is 7.99. The molecule has 0 aromatic heterocycles. The SMILES string of the molecule is C=C(C)C(=O)OCCSC(C)C(C)(CC(C)(CC(C)(CC(C)(CC(C)(CC(C)(CC(C)(CC(C)(CC(C)(CC(C)(CC(C)(CC(C)(CC(C)(CC(C)(CC(C)(CC(C)(CC(C)(CC(C)(CC(C)(CC(C)C(=O)OC)C(=O)OC)C(=O)OC)C(=O)OC)C(=O)OC)C(=O)OC)C(=O)OC)C(=O)OC)C(=O)OC)C(=O)OC)C(=O)OC)C(=O)OC)C(=O)OC)C(=O)OC)C(=O)OC)C(=O)OC)C(=O)OC)C(=O)OC)C(=O)OC)C(=O)OC. The smallest absolute Gasteiger partial charge is 0.333 e. The van der Waals surface area contributed by atoms with Gasteiger partial charge in [-0.05, 0) is 260 Å². The molecule has 0 saturated carbocycles. The summed E-state index contributed by atoms with van der Waals surface area (Å²) >= 11 is 1.20. The lowest BCUT2D eigenvalue weighted by molar-refractivity contribution is -0.178. The van der Waals surface area contributed by atoms with Gasteiger partial charge in [0.15, 0.2) is 0 Å². The molecule has 0 bridgehead atoms. The first-order valence-corrected chi connectivity index (χ1v) is 49.7. The molecular formula is C107H172O42S. The summed E-state index contributed by atoms with van der Waals surface area (Å²) in [7, 11) is 20.5. The van der Waals surface area contributed by atoms with Crippen molar-refractivity contribution in [3.8, 4) is 0 Å². The highest BCUT2D eigenvalue weighted by Gasteiger charge is 2.66. The lowest BCUT2D eigenvalue weighted by Crippen LogP contribution is -2.52. The van der Waals surface area contributed by atoms with E-state index in [4.69, 9.17) is 99.5 Å². The summed E-state index contributed by atoms with van der Waals surface area (Å²) in [5, 5.41) is -0.714. The van der Waals surface area contributed by atoms with Crippen LogP contribution in [0.15, 0.2) is 12.2 Å². The predicted molar refractivity (Wildman–Crippen MR) is 539 cm³/mol. The summed E-state index contributed by atoms with van der Waals surface area (Å²) in [6, 6.07) is 0. The number of hydrogen-bond donors (Lipinski definition) is 0. The van der Waals surface area contributed by atoms with Gasteiger partial charge in [0.2, 0.25) is 0 Å². The summed E-state index contributed by atoms with van der Waals surface area (Å²) in [5.74, 6) is -22.2. The minimum absolute atomic E-state index is 0.0980. The van der Waals surface area contributed by atoms with Crippen LogP contribution in [-0.4, -0.2) is 285 Å². The Balaban J connectivity index is 9.36. The average molecular weight is 2160 g/mol. The van der Waals surface area contributed by atoms with E-state index in [1.54, 1.807) is 6.92 Å². The predicted octanol–water partition coefficient (Wildman–Crippen LogP) is 12.9. The number of rotatable bonds is 64. The lowest BCUT2D eigenvalue weighted by Gasteiger charge is -2.48. The number of carbonyl (C=O) groups is 21. The van der Waals surface area contributed by atoms with E-state index >= 15 is 52.7 Å². The van der Waals surface area contributed by atoms with Crippen molar-refractivity contribution >= 4 is 137 Å². The molecule has 0 aliphatic rings. The third-order valence-corrected chi connectivity index (χ3v) is 31.6. The monoisotopic (exact) mass is 2160 g/mol. The average Bonchev–Trinajstić information content (AvgIpc) is 0.748. The first-order valence-electron chi connectivity index (χ1n) is 48.6. The van der Waals surface area contributed by atoms with Gasteiger partial charge in [-0.15, -0.1) is 0 Å². The molecule has 0 aliphatic heterocycles.